The molecule has 0 spiro atoms. The Morgan fingerprint density at radius 2 is 1.85 bits per heavy atom. The van der Waals surface area contributed by atoms with E-state index >= 15 is 0 Å². The fraction of sp³-hybridized carbons (Fsp3) is 0.421. The Morgan fingerprint density at radius 1 is 1.11 bits per heavy atom. The van der Waals surface area contributed by atoms with Crippen LogP contribution in [0.2, 0.25) is 0 Å². The van der Waals surface area contributed by atoms with Gasteiger partial charge in [-0.15, -0.1) is 10.2 Å². The summed E-state index contributed by atoms with van der Waals surface area (Å²) in [5, 5.41) is 16.2. The molecule has 0 radical (unpaired) electrons. The Balaban J connectivity index is 1.55. The normalized spacial score (nSPS) is 11.3. The SMILES string of the molecule is CC(C)c1ccc(-c2noc(CCC(=O)Nc3nnc(C(C)C)s3)n2)cc1. The summed E-state index contributed by atoms with van der Waals surface area (Å²) < 4.78 is 5.27. The Hall–Kier alpha value is -2.61. The van der Waals surface area contributed by atoms with Crippen molar-refractivity contribution in [3.8, 4) is 11.4 Å². The number of nitrogens with zero attached hydrogens (tertiary/aromatic N) is 4. The number of aryl methyl sites for hydroxylation is 1. The summed E-state index contributed by atoms with van der Waals surface area (Å²) in [6, 6.07) is 8.10. The van der Waals surface area contributed by atoms with Gasteiger partial charge in [0.1, 0.15) is 5.01 Å². The van der Waals surface area contributed by atoms with Gasteiger partial charge in [-0.2, -0.15) is 4.98 Å². The lowest BCUT2D eigenvalue weighted by molar-refractivity contribution is -0.116. The van der Waals surface area contributed by atoms with Gasteiger partial charge >= 0.3 is 0 Å². The largest absolute Gasteiger partial charge is 0.339 e. The van der Waals surface area contributed by atoms with E-state index in [4.69, 9.17) is 4.52 Å². The predicted octanol–water partition coefficient (Wildman–Crippen LogP) is 4.41. The van der Waals surface area contributed by atoms with Crippen LogP contribution in [0.3, 0.4) is 0 Å². The molecule has 3 aromatic rings. The number of nitrogens with one attached hydrogen (secondary N) is 1. The fourth-order valence-electron chi connectivity index (χ4n) is 2.41. The van der Waals surface area contributed by atoms with E-state index in [-0.39, 0.29) is 12.3 Å². The monoisotopic (exact) mass is 385 g/mol. The minimum absolute atomic E-state index is 0.150. The summed E-state index contributed by atoms with van der Waals surface area (Å²) in [5.41, 5.74) is 2.16. The quantitative estimate of drug-likeness (QED) is 0.647. The zero-order valence-electron chi connectivity index (χ0n) is 15.9. The highest BCUT2D eigenvalue weighted by Crippen LogP contribution is 2.23. The van der Waals surface area contributed by atoms with Gasteiger partial charge in [0, 0.05) is 24.3 Å². The summed E-state index contributed by atoms with van der Waals surface area (Å²) in [5.74, 6) is 1.59. The summed E-state index contributed by atoms with van der Waals surface area (Å²) in [6.45, 7) is 8.38. The Bertz CT molecular complexity index is 899. The van der Waals surface area contributed by atoms with Crippen molar-refractivity contribution in [3.63, 3.8) is 0 Å². The fourth-order valence-corrected chi connectivity index (χ4v) is 3.17. The minimum atomic E-state index is -0.150. The van der Waals surface area contributed by atoms with Gasteiger partial charge in [0.15, 0.2) is 0 Å². The first-order valence-electron chi connectivity index (χ1n) is 8.98. The van der Waals surface area contributed by atoms with Gasteiger partial charge < -0.3 is 9.84 Å². The lowest BCUT2D eigenvalue weighted by atomic mass is 10.0. The van der Waals surface area contributed by atoms with Crippen LogP contribution in [-0.4, -0.2) is 26.2 Å². The second kappa shape index (κ2) is 8.39. The van der Waals surface area contributed by atoms with Crippen LogP contribution in [0.1, 0.15) is 62.4 Å². The number of benzene rings is 1. The second-order valence-corrected chi connectivity index (χ2v) is 7.95. The molecule has 1 aromatic carbocycles. The molecule has 0 aliphatic heterocycles. The summed E-state index contributed by atoms with van der Waals surface area (Å²) >= 11 is 1.39. The van der Waals surface area contributed by atoms with Crippen LogP contribution in [0.25, 0.3) is 11.4 Å². The van der Waals surface area contributed by atoms with E-state index < -0.39 is 0 Å². The molecule has 2 heterocycles. The van der Waals surface area contributed by atoms with Gasteiger partial charge in [-0.1, -0.05) is 68.5 Å². The molecule has 0 aliphatic rings. The summed E-state index contributed by atoms with van der Waals surface area (Å²) in [6.07, 6.45) is 0.614. The molecule has 27 heavy (non-hydrogen) atoms. The van der Waals surface area contributed by atoms with Crippen molar-refractivity contribution in [2.24, 2.45) is 0 Å². The third-order valence-corrected chi connectivity index (χ3v) is 5.19. The average molecular weight is 385 g/mol. The van der Waals surface area contributed by atoms with Crippen molar-refractivity contribution >= 4 is 22.4 Å². The second-order valence-electron chi connectivity index (χ2n) is 6.94. The van der Waals surface area contributed by atoms with Gasteiger partial charge in [0.2, 0.25) is 22.8 Å². The van der Waals surface area contributed by atoms with Crippen LogP contribution in [0.4, 0.5) is 5.13 Å². The van der Waals surface area contributed by atoms with Crippen LogP contribution in [0, 0.1) is 0 Å². The van der Waals surface area contributed by atoms with Crippen molar-refractivity contribution in [2.75, 3.05) is 5.32 Å². The van der Waals surface area contributed by atoms with Crippen molar-refractivity contribution in [2.45, 2.75) is 52.4 Å². The smallest absolute Gasteiger partial charge is 0.227 e. The maximum absolute atomic E-state index is 12.1. The third kappa shape index (κ3) is 4.97. The first kappa shape index (κ1) is 19.2. The predicted molar refractivity (Wildman–Crippen MR) is 105 cm³/mol. The number of hydrogen-bond donors (Lipinski definition) is 1. The average Bonchev–Trinajstić information content (AvgIpc) is 3.29. The van der Waals surface area contributed by atoms with Gasteiger partial charge in [0.05, 0.1) is 0 Å². The Kier molecular flexibility index (Phi) is 5.95. The summed E-state index contributed by atoms with van der Waals surface area (Å²) in [4.78, 5) is 16.5. The van der Waals surface area contributed by atoms with Crippen molar-refractivity contribution in [3.05, 3.63) is 40.7 Å². The molecule has 0 atom stereocenters. The summed E-state index contributed by atoms with van der Waals surface area (Å²) in [7, 11) is 0. The molecule has 0 bridgehead atoms. The standard InChI is InChI=1S/C19H23N5O2S/c1-11(2)13-5-7-14(8-6-13)17-21-16(26-24-17)10-9-15(25)20-19-23-22-18(27-19)12(3)4/h5-8,11-12H,9-10H2,1-4H3,(H,20,23,25). The van der Waals surface area contributed by atoms with Crippen molar-refractivity contribution in [1.29, 1.82) is 0 Å². The van der Waals surface area contributed by atoms with Crippen LogP contribution in [0.15, 0.2) is 28.8 Å². The maximum Gasteiger partial charge on any atom is 0.227 e. The van der Waals surface area contributed by atoms with Gasteiger partial charge in [-0.3, -0.25) is 4.79 Å². The van der Waals surface area contributed by atoms with Gasteiger partial charge in [-0.25, -0.2) is 0 Å². The number of anilines is 1. The van der Waals surface area contributed by atoms with Crippen LogP contribution < -0.4 is 5.32 Å². The Morgan fingerprint density at radius 3 is 2.48 bits per heavy atom. The van der Waals surface area contributed by atoms with Crippen LogP contribution in [-0.2, 0) is 11.2 Å². The molecule has 2 aromatic heterocycles. The molecular formula is C19H23N5O2S. The molecule has 0 saturated carbocycles. The first-order valence-corrected chi connectivity index (χ1v) is 9.80. The van der Waals surface area contributed by atoms with E-state index in [1.807, 2.05) is 26.0 Å². The number of aromatic nitrogens is 4. The van der Waals surface area contributed by atoms with Gasteiger partial charge in [-0.05, 0) is 11.5 Å². The molecule has 1 N–H and O–H groups in total. The van der Waals surface area contributed by atoms with Gasteiger partial charge in [0.25, 0.3) is 0 Å². The van der Waals surface area contributed by atoms with Crippen molar-refractivity contribution in [1.82, 2.24) is 20.3 Å². The van der Waals surface area contributed by atoms with Crippen LogP contribution >= 0.6 is 11.3 Å². The molecular weight excluding hydrogens is 362 g/mol. The molecule has 0 saturated heterocycles. The number of hydrogen-bond acceptors (Lipinski definition) is 7. The molecule has 142 valence electrons. The topological polar surface area (TPSA) is 93.8 Å². The zero-order valence-corrected chi connectivity index (χ0v) is 16.7. The van der Waals surface area contributed by atoms with E-state index in [9.17, 15) is 4.79 Å². The van der Waals surface area contributed by atoms with E-state index in [2.05, 4.69) is 51.6 Å². The number of amides is 1. The molecule has 1 amide bonds. The highest BCUT2D eigenvalue weighted by Gasteiger charge is 2.13. The molecule has 7 nitrogen and oxygen atoms in total. The lowest BCUT2D eigenvalue weighted by Crippen LogP contribution is -2.12. The van der Waals surface area contributed by atoms with E-state index in [1.54, 1.807) is 0 Å². The highest BCUT2D eigenvalue weighted by atomic mass is 32.1. The number of rotatable bonds is 7. The third-order valence-electron chi connectivity index (χ3n) is 4.05. The van der Waals surface area contributed by atoms with Crippen LogP contribution in [0.5, 0.6) is 0 Å². The number of carbonyl (C=O) groups excluding carboxylic acids is 1. The molecule has 8 heteroatoms. The highest BCUT2D eigenvalue weighted by molar-refractivity contribution is 7.15. The molecule has 3 rings (SSSR count). The van der Waals surface area contributed by atoms with E-state index in [0.717, 1.165) is 10.6 Å². The minimum Gasteiger partial charge on any atom is -0.339 e. The molecule has 0 aliphatic carbocycles. The van der Waals surface area contributed by atoms with E-state index in [1.165, 1.54) is 16.9 Å². The zero-order chi connectivity index (χ0) is 19.4. The number of carbonyl (C=O) groups is 1. The van der Waals surface area contributed by atoms with E-state index in [0.29, 0.717) is 35.1 Å². The first-order chi connectivity index (χ1) is 12.9. The molecule has 0 fully saturated rings. The molecule has 0 unspecified atom stereocenters. The lowest BCUT2D eigenvalue weighted by Gasteiger charge is -2.04. The van der Waals surface area contributed by atoms with Crippen molar-refractivity contribution < 1.29 is 9.32 Å². The Labute approximate surface area is 162 Å². The maximum atomic E-state index is 12.1.